The van der Waals surface area contributed by atoms with Crippen LogP contribution in [0.5, 0.6) is 0 Å². The molecule has 1 aliphatic heterocycles. The third kappa shape index (κ3) is 3.87. The second-order valence-electron chi connectivity index (χ2n) is 8.20. The van der Waals surface area contributed by atoms with Crippen LogP contribution in [-0.4, -0.2) is 25.8 Å². The van der Waals surface area contributed by atoms with E-state index in [0.29, 0.717) is 41.0 Å². The van der Waals surface area contributed by atoms with E-state index in [1.165, 1.54) is 18.3 Å². The van der Waals surface area contributed by atoms with Gasteiger partial charge in [-0.05, 0) is 47.9 Å². The lowest BCUT2D eigenvalue weighted by Gasteiger charge is -2.38. The molecule has 3 heterocycles. The van der Waals surface area contributed by atoms with E-state index >= 15 is 0 Å². The second-order valence-corrected chi connectivity index (χ2v) is 8.20. The molecule has 8 heteroatoms. The number of benzene rings is 2. The molecular formula is C26H21F2N5O. The van der Waals surface area contributed by atoms with Crippen LogP contribution in [0.3, 0.4) is 0 Å². The van der Waals surface area contributed by atoms with E-state index in [4.69, 9.17) is 5.73 Å². The smallest absolute Gasteiger partial charge is 0.258 e. The molecule has 0 bridgehead atoms. The summed E-state index contributed by atoms with van der Waals surface area (Å²) in [5, 5.41) is 0. The molecule has 6 nitrogen and oxygen atoms in total. The number of nitrogens with two attached hydrogens (primary N) is 1. The average molecular weight is 457 g/mol. The lowest BCUT2D eigenvalue weighted by molar-refractivity contribution is 0.0625. The van der Waals surface area contributed by atoms with Crippen LogP contribution in [0.25, 0.3) is 11.1 Å². The number of hydrogen-bond acceptors (Lipinski definition) is 5. The molecule has 2 N–H and O–H groups in total. The minimum atomic E-state index is -0.714. The van der Waals surface area contributed by atoms with Crippen LogP contribution in [0, 0.1) is 18.7 Å². The van der Waals surface area contributed by atoms with Gasteiger partial charge < -0.3 is 10.6 Å². The Hall–Kier alpha value is -4.20. The van der Waals surface area contributed by atoms with Gasteiger partial charge in [0.05, 0.1) is 23.0 Å². The standard InChI is InChI=1S/C26H21F2N5O/c1-15-23-21(32-26(29)31-15)13-22(33(25(23)34)14-16-6-3-2-4-7-16)18-10-9-17(27)12-20(18)19-8-5-11-30-24(19)28/h2-12,22H,13-14H2,1H3,(H2,29,31,32). The van der Waals surface area contributed by atoms with Gasteiger partial charge in [-0.2, -0.15) is 4.39 Å². The predicted octanol–water partition coefficient (Wildman–Crippen LogP) is 4.65. The van der Waals surface area contributed by atoms with Crippen LogP contribution < -0.4 is 5.73 Å². The van der Waals surface area contributed by atoms with E-state index in [9.17, 15) is 13.6 Å². The van der Waals surface area contributed by atoms with Crippen LogP contribution in [0.4, 0.5) is 14.7 Å². The Morgan fingerprint density at radius 3 is 2.59 bits per heavy atom. The van der Waals surface area contributed by atoms with Gasteiger partial charge in [0.1, 0.15) is 5.82 Å². The molecule has 0 spiro atoms. The Balaban J connectivity index is 1.70. The van der Waals surface area contributed by atoms with Gasteiger partial charge in [0, 0.05) is 24.7 Å². The molecule has 34 heavy (non-hydrogen) atoms. The molecule has 0 aliphatic carbocycles. The summed E-state index contributed by atoms with van der Waals surface area (Å²) >= 11 is 0. The summed E-state index contributed by atoms with van der Waals surface area (Å²) in [5.41, 5.74) is 9.33. The van der Waals surface area contributed by atoms with E-state index in [0.717, 1.165) is 5.56 Å². The molecule has 2 aromatic heterocycles. The summed E-state index contributed by atoms with van der Waals surface area (Å²) in [7, 11) is 0. The topological polar surface area (TPSA) is 85.0 Å². The summed E-state index contributed by atoms with van der Waals surface area (Å²) in [6, 6.07) is 16.3. The van der Waals surface area contributed by atoms with Crippen molar-refractivity contribution in [2.75, 3.05) is 5.73 Å². The van der Waals surface area contributed by atoms with Gasteiger partial charge in [0.15, 0.2) is 0 Å². The van der Waals surface area contributed by atoms with Gasteiger partial charge in [-0.1, -0.05) is 36.4 Å². The van der Waals surface area contributed by atoms with E-state index in [1.54, 1.807) is 30.0 Å². The van der Waals surface area contributed by atoms with Gasteiger partial charge in [0.2, 0.25) is 11.9 Å². The number of hydrogen-bond donors (Lipinski definition) is 1. The largest absolute Gasteiger partial charge is 0.368 e. The van der Waals surface area contributed by atoms with Crippen molar-refractivity contribution in [2.45, 2.75) is 25.9 Å². The first-order valence-corrected chi connectivity index (χ1v) is 10.8. The summed E-state index contributed by atoms with van der Waals surface area (Å²) in [6.07, 6.45) is 1.66. The minimum Gasteiger partial charge on any atom is -0.368 e. The molecule has 0 fully saturated rings. The van der Waals surface area contributed by atoms with E-state index in [1.807, 2.05) is 30.3 Å². The Morgan fingerprint density at radius 2 is 1.82 bits per heavy atom. The quantitative estimate of drug-likeness (QED) is 0.451. The highest BCUT2D eigenvalue weighted by atomic mass is 19.1. The summed E-state index contributed by atoms with van der Waals surface area (Å²) in [4.78, 5) is 27.7. The maximum atomic E-state index is 14.7. The fourth-order valence-electron chi connectivity index (χ4n) is 4.54. The lowest BCUT2D eigenvalue weighted by Crippen LogP contribution is -2.41. The number of pyridine rings is 1. The fraction of sp³-hybridized carbons (Fsp3) is 0.154. The molecule has 1 aliphatic rings. The number of nitrogens with zero attached hydrogens (tertiary/aromatic N) is 4. The molecule has 5 rings (SSSR count). The Morgan fingerprint density at radius 1 is 1.03 bits per heavy atom. The molecule has 0 radical (unpaired) electrons. The Labute approximate surface area is 195 Å². The minimum absolute atomic E-state index is 0.0805. The number of halogens is 2. The molecule has 1 amide bonds. The summed E-state index contributed by atoms with van der Waals surface area (Å²) in [5.74, 6) is -1.40. The first-order valence-electron chi connectivity index (χ1n) is 10.8. The molecule has 1 unspecified atom stereocenters. The first kappa shape index (κ1) is 21.6. The van der Waals surface area contributed by atoms with Crippen LogP contribution >= 0.6 is 0 Å². The van der Waals surface area contributed by atoms with Crippen molar-refractivity contribution < 1.29 is 13.6 Å². The highest BCUT2D eigenvalue weighted by Gasteiger charge is 2.37. The SMILES string of the molecule is Cc1nc(N)nc2c1C(=O)N(Cc1ccccc1)C(c1ccc(F)cc1-c1cccnc1F)C2. The van der Waals surface area contributed by atoms with Gasteiger partial charge in [-0.25, -0.2) is 19.3 Å². The monoisotopic (exact) mass is 457 g/mol. The molecule has 0 saturated carbocycles. The van der Waals surface area contributed by atoms with Gasteiger partial charge in [-0.3, -0.25) is 4.79 Å². The normalized spacial score (nSPS) is 15.3. The first-order chi connectivity index (χ1) is 16.4. The van der Waals surface area contributed by atoms with E-state index < -0.39 is 17.8 Å². The zero-order valence-corrected chi connectivity index (χ0v) is 18.4. The van der Waals surface area contributed by atoms with Crippen molar-refractivity contribution in [3.05, 3.63) is 107 Å². The van der Waals surface area contributed by atoms with Crippen LogP contribution in [0.15, 0.2) is 66.9 Å². The number of fused-ring (bicyclic) bond motifs is 1. The van der Waals surface area contributed by atoms with E-state index in [-0.39, 0.29) is 17.4 Å². The van der Waals surface area contributed by atoms with Crippen LogP contribution in [0.2, 0.25) is 0 Å². The highest BCUT2D eigenvalue weighted by molar-refractivity contribution is 5.98. The number of anilines is 1. The molecule has 1 atom stereocenters. The zero-order chi connectivity index (χ0) is 23.8. The van der Waals surface area contributed by atoms with Crippen molar-refractivity contribution in [1.82, 2.24) is 19.9 Å². The maximum absolute atomic E-state index is 14.7. The number of carbonyl (C=O) groups excluding carboxylic acids is 1. The predicted molar refractivity (Wildman–Crippen MR) is 124 cm³/mol. The van der Waals surface area contributed by atoms with Gasteiger partial charge in [-0.15, -0.1) is 0 Å². The van der Waals surface area contributed by atoms with Crippen molar-refractivity contribution in [2.24, 2.45) is 0 Å². The number of rotatable bonds is 4. The Bertz CT molecular complexity index is 1390. The number of nitrogen functional groups attached to an aromatic ring is 1. The van der Waals surface area contributed by atoms with Crippen molar-refractivity contribution in [3.8, 4) is 11.1 Å². The van der Waals surface area contributed by atoms with Crippen molar-refractivity contribution in [3.63, 3.8) is 0 Å². The van der Waals surface area contributed by atoms with Gasteiger partial charge in [0.25, 0.3) is 5.91 Å². The molecular weight excluding hydrogens is 436 g/mol. The van der Waals surface area contributed by atoms with E-state index in [2.05, 4.69) is 15.0 Å². The number of amides is 1. The molecule has 2 aromatic carbocycles. The molecule has 0 saturated heterocycles. The third-order valence-electron chi connectivity index (χ3n) is 6.04. The summed E-state index contributed by atoms with van der Waals surface area (Å²) < 4.78 is 29.0. The molecule has 170 valence electrons. The fourth-order valence-corrected chi connectivity index (χ4v) is 4.54. The number of aromatic nitrogens is 3. The van der Waals surface area contributed by atoms with Crippen molar-refractivity contribution >= 4 is 11.9 Å². The second kappa shape index (κ2) is 8.62. The van der Waals surface area contributed by atoms with Crippen LogP contribution in [-0.2, 0) is 13.0 Å². The Kier molecular flexibility index (Phi) is 5.49. The lowest BCUT2D eigenvalue weighted by atomic mass is 9.87. The third-order valence-corrected chi connectivity index (χ3v) is 6.04. The highest BCUT2D eigenvalue weighted by Crippen LogP contribution is 2.39. The van der Waals surface area contributed by atoms with Crippen molar-refractivity contribution in [1.29, 1.82) is 0 Å². The van der Waals surface area contributed by atoms with Crippen LogP contribution in [0.1, 0.15) is 38.9 Å². The number of carbonyl (C=O) groups is 1. The average Bonchev–Trinajstić information content (AvgIpc) is 2.81. The maximum Gasteiger partial charge on any atom is 0.258 e. The molecule has 4 aromatic rings. The van der Waals surface area contributed by atoms with Gasteiger partial charge >= 0.3 is 0 Å². The summed E-state index contributed by atoms with van der Waals surface area (Å²) in [6.45, 7) is 2.03. The number of aryl methyl sites for hydroxylation is 1. The zero-order valence-electron chi connectivity index (χ0n) is 18.4.